The molecule has 0 saturated heterocycles. The normalized spacial score (nSPS) is 12.3. The van der Waals surface area contributed by atoms with E-state index < -0.39 is 0 Å². The summed E-state index contributed by atoms with van der Waals surface area (Å²) in [6.07, 6.45) is 0. The minimum atomic E-state index is -0.125. The molecule has 0 aromatic heterocycles. The number of thioether (sulfide) groups is 1. The van der Waals surface area contributed by atoms with Crippen LogP contribution in [0.3, 0.4) is 0 Å². The smallest absolute Gasteiger partial charge is 0.234 e. The third-order valence-corrected chi connectivity index (χ3v) is 4.99. The molecule has 2 aromatic carbocycles. The van der Waals surface area contributed by atoms with Crippen LogP contribution in [0.2, 0.25) is 10.0 Å². The lowest BCUT2D eigenvalue weighted by Gasteiger charge is -2.08. The molecule has 1 heterocycles. The molecular formula is C16H13Cl2NO3S. The first-order chi connectivity index (χ1) is 11.1. The van der Waals surface area contributed by atoms with Crippen molar-refractivity contribution in [1.82, 2.24) is 0 Å². The first-order valence-corrected chi connectivity index (χ1v) is 8.74. The van der Waals surface area contributed by atoms with Crippen LogP contribution in [-0.4, -0.2) is 18.5 Å². The molecule has 0 spiro atoms. The van der Waals surface area contributed by atoms with Crippen LogP contribution in [0.15, 0.2) is 36.4 Å². The van der Waals surface area contributed by atoms with Gasteiger partial charge in [0.2, 0.25) is 12.7 Å². The van der Waals surface area contributed by atoms with Gasteiger partial charge in [-0.15, -0.1) is 11.8 Å². The van der Waals surface area contributed by atoms with Crippen molar-refractivity contribution in [2.24, 2.45) is 0 Å². The Morgan fingerprint density at radius 3 is 2.87 bits per heavy atom. The molecule has 1 aliphatic heterocycles. The van der Waals surface area contributed by atoms with E-state index >= 15 is 0 Å². The summed E-state index contributed by atoms with van der Waals surface area (Å²) < 4.78 is 10.6. The third kappa shape index (κ3) is 4.05. The lowest BCUT2D eigenvalue weighted by atomic mass is 10.2. The number of benzene rings is 2. The van der Waals surface area contributed by atoms with Gasteiger partial charge < -0.3 is 14.8 Å². The summed E-state index contributed by atoms with van der Waals surface area (Å²) in [4.78, 5) is 12.0. The summed E-state index contributed by atoms with van der Waals surface area (Å²) in [6.45, 7) is 0.259. The van der Waals surface area contributed by atoms with Gasteiger partial charge in [0.15, 0.2) is 11.5 Å². The summed E-state index contributed by atoms with van der Waals surface area (Å²) >= 11 is 13.5. The molecule has 0 unspecified atom stereocenters. The van der Waals surface area contributed by atoms with E-state index in [4.69, 9.17) is 32.7 Å². The topological polar surface area (TPSA) is 47.6 Å². The summed E-state index contributed by atoms with van der Waals surface area (Å²) in [6, 6.07) is 10.9. The predicted molar refractivity (Wildman–Crippen MR) is 93.8 cm³/mol. The van der Waals surface area contributed by atoms with Crippen LogP contribution in [0.1, 0.15) is 5.56 Å². The van der Waals surface area contributed by atoms with E-state index in [0.717, 1.165) is 17.1 Å². The van der Waals surface area contributed by atoms with E-state index in [2.05, 4.69) is 5.32 Å². The number of hydrogen-bond acceptors (Lipinski definition) is 4. The molecular weight excluding hydrogens is 357 g/mol. The molecule has 23 heavy (non-hydrogen) atoms. The van der Waals surface area contributed by atoms with Crippen molar-refractivity contribution in [3.63, 3.8) is 0 Å². The standard InChI is InChI=1S/C16H13Cl2NO3S/c17-11-2-1-3-12(16(11)18)19-15(20)8-23-7-10-4-5-13-14(6-10)22-9-21-13/h1-6H,7-9H2,(H,19,20). The van der Waals surface area contributed by atoms with Gasteiger partial charge in [-0.2, -0.15) is 0 Å². The van der Waals surface area contributed by atoms with Gasteiger partial charge in [-0.1, -0.05) is 35.3 Å². The number of nitrogens with one attached hydrogen (secondary N) is 1. The molecule has 1 N–H and O–H groups in total. The molecule has 7 heteroatoms. The number of fused-ring (bicyclic) bond motifs is 1. The van der Waals surface area contributed by atoms with E-state index in [-0.39, 0.29) is 12.7 Å². The lowest BCUT2D eigenvalue weighted by molar-refractivity contribution is -0.113. The number of amides is 1. The van der Waals surface area contributed by atoms with Gasteiger partial charge in [0.1, 0.15) is 0 Å². The van der Waals surface area contributed by atoms with Crippen LogP contribution in [0.4, 0.5) is 5.69 Å². The zero-order valence-electron chi connectivity index (χ0n) is 12.0. The average Bonchev–Trinajstić information content (AvgIpc) is 2.99. The maximum absolute atomic E-state index is 12.0. The Morgan fingerprint density at radius 1 is 1.17 bits per heavy atom. The van der Waals surface area contributed by atoms with Crippen molar-refractivity contribution < 1.29 is 14.3 Å². The molecule has 0 bridgehead atoms. The third-order valence-electron chi connectivity index (χ3n) is 3.16. The highest BCUT2D eigenvalue weighted by molar-refractivity contribution is 7.99. The van der Waals surface area contributed by atoms with Crippen molar-refractivity contribution in [2.45, 2.75) is 5.75 Å². The van der Waals surface area contributed by atoms with Crippen LogP contribution >= 0.6 is 35.0 Å². The monoisotopic (exact) mass is 369 g/mol. The van der Waals surface area contributed by atoms with Gasteiger partial charge in [-0.25, -0.2) is 0 Å². The second kappa shape index (κ2) is 7.34. The number of carbonyl (C=O) groups is 1. The minimum Gasteiger partial charge on any atom is -0.454 e. The number of carbonyl (C=O) groups excluding carboxylic acids is 1. The number of hydrogen-bond donors (Lipinski definition) is 1. The van der Waals surface area contributed by atoms with Crippen molar-refractivity contribution >= 4 is 46.6 Å². The van der Waals surface area contributed by atoms with E-state index in [9.17, 15) is 4.79 Å². The van der Waals surface area contributed by atoms with Gasteiger partial charge in [0, 0.05) is 5.75 Å². The SMILES string of the molecule is O=C(CSCc1ccc2c(c1)OCO2)Nc1cccc(Cl)c1Cl. The maximum atomic E-state index is 12.0. The first-order valence-electron chi connectivity index (χ1n) is 6.83. The number of halogens is 2. The molecule has 0 radical (unpaired) electrons. The van der Waals surface area contributed by atoms with Crippen LogP contribution in [0.5, 0.6) is 11.5 Å². The molecule has 120 valence electrons. The number of rotatable bonds is 5. The number of ether oxygens (including phenoxy) is 2. The highest BCUT2D eigenvalue weighted by atomic mass is 35.5. The number of anilines is 1. The summed E-state index contributed by atoms with van der Waals surface area (Å²) in [5, 5.41) is 3.52. The van der Waals surface area contributed by atoms with Gasteiger partial charge >= 0.3 is 0 Å². The molecule has 0 fully saturated rings. The quantitative estimate of drug-likeness (QED) is 0.836. The molecule has 3 rings (SSSR count). The fourth-order valence-corrected chi connectivity index (χ4v) is 3.20. The van der Waals surface area contributed by atoms with Crippen LogP contribution in [-0.2, 0) is 10.5 Å². The van der Waals surface area contributed by atoms with Crippen LogP contribution in [0.25, 0.3) is 0 Å². The van der Waals surface area contributed by atoms with E-state index in [1.807, 2.05) is 18.2 Å². The largest absolute Gasteiger partial charge is 0.454 e. The second-order valence-electron chi connectivity index (χ2n) is 4.83. The molecule has 0 aliphatic carbocycles. The van der Waals surface area contributed by atoms with Gasteiger partial charge in [-0.3, -0.25) is 4.79 Å². The Bertz CT molecular complexity index is 739. The first kappa shape index (κ1) is 16.3. The van der Waals surface area contributed by atoms with Crippen LogP contribution in [0, 0.1) is 0 Å². The molecule has 4 nitrogen and oxygen atoms in total. The van der Waals surface area contributed by atoms with E-state index in [0.29, 0.717) is 27.2 Å². The summed E-state index contributed by atoms with van der Waals surface area (Å²) in [5.74, 6) is 2.40. The molecule has 2 aromatic rings. The summed E-state index contributed by atoms with van der Waals surface area (Å²) in [5.41, 5.74) is 1.60. The molecule has 0 atom stereocenters. The van der Waals surface area contributed by atoms with Crippen molar-refractivity contribution in [3.8, 4) is 11.5 Å². The predicted octanol–water partition coefficient (Wildman–Crippen LogP) is 4.59. The van der Waals surface area contributed by atoms with E-state index in [1.54, 1.807) is 18.2 Å². The Labute approximate surface area is 148 Å². The highest BCUT2D eigenvalue weighted by Gasteiger charge is 2.13. The lowest BCUT2D eigenvalue weighted by Crippen LogP contribution is -2.14. The molecule has 1 amide bonds. The minimum absolute atomic E-state index is 0.125. The Balaban J connectivity index is 1.50. The average molecular weight is 370 g/mol. The maximum Gasteiger partial charge on any atom is 0.234 e. The van der Waals surface area contributed by atoms with Crippen molar-refractivity contribution in [2.75, 3.05) is 17.9 Å². The Morgan fingerprint density at radius 2 is 2.00 bits per heavy atom. The van der Waals surface area contributed by atoms with E-state index in [1.165, 1.54) is 11.8 Å². The zero-order chi connectivity index (χ0) is 16.2. The second-order valence-corrected chi connectivity index (χ2v) is 6.60. The van der Waals surface area contributed by atoms with Crippen LogP contribution < -0.4 is 14.8 Å². The fourth-order valence-electron chi connectivity index (χ4n) is 2.08. The Kier molecular flexibility index (Phi) is 5.20. The highest BCUT2D eigenvalue weighted by Crippen LogP contribution is 2.33. The van der Waals surface area contributed by atoms with Gasteiger partial charge in [0.25, 0.3) is 0 Å². The zero-order valence-corrected chi connectivity index (χ0v) is 14.3. The van der Waals surface area contributed by atoms with Gasteiger partial charge in [-0.05, 0) is 29.8 Å². The fraction of sp³-hybridized carbons (Fsp3) is 0.188. The Hall–Kier alpha value is -1.56. The molecule has 1 aliphatic rings. The molecule has 0 saturated carbocycles. The van der Waals surface area contributed by atoms with Gasteiger partial charge in [0.05, 0.1) is 21.5 Å². The van der Waals surface area contributed by atoms with Crippen molar-refractivity contribution in [3.05, 3.63) is 52.0 Å². The summed E-state index contributed by atoms with van der Waals surface area (Å²) in [7, 11) is 0. The van der Waals surface area contributed by atoms with Crippen molar-refractivity contribution in [1.29, 1.82) is 0 Å².